The lowest BCUT2D eigenvalue weighted by Crippen LogP contribution is -2.62. The number of likely N-dealkylation sites (tertiary alicyclic amines) is 1. The Hall–Kier alpha value is -0.830. The molecule has 0 unspecified atom stereocenters. The topological polar surface area (TPSA) is 40.5 Å². The third-order valence-corrected chi connectivity index (χ3v) is 8.24. The number of carbonyl (C=O) groups is 1. The van der Waals surface area contributed by atoms with Crippen molar-refractivity contribution in [2.75, 3.05) is 7.05 Å². The van der Waals surface area contributed by atoms with Crippen molar-refractivity contribution in [3.8, 4) is 0 Å². The maximum absolute atomic E-state index is 12.2. The number of fused-ring (bicyclic) bond motifs is 5. The van der Waals surface area contributed by atoms with Crippen LogP contribution < -0.4 is 0 Å². The first-order valence-corrected chi connectivity index (χ1v) is 9.50. The Labute approximate surface area is 140 Å². The molecule has 128 valence electrons. The minimum absolute atomic E-state index is 0.0619. The molecule has 0 radical (unpaired) electrons. The van der Waals surface area contributed by atoms with Crippen LogP contribution in [-0.4, -0.2) is 34.6 Å². The van der Waals surface area contributed by atoms with Crippen LogP contribution in [0.3, 0.4) is 0 Å². The van der Waals surface area contributed by atoms with Crippen molar-refractivity contribution in [3.05, 3.63) is 11.6 Å². The van der Waals surface area contributed by atoms with Crippen LogP contribution in [0.2, 0.25) is 0 Å². The number of nitrogens with zero attached hydrogens (tertiary/aromatic N) is 1. The zero-order chi connectivity index (χ0) is 16.4. The minimum Gasteiger partial charge on any atom is -0.393 e. The summed E-state index contributed by atoms with van der Waals surface area (Å²) >= 11 is 0. The van der Waals surface area contributed by atoms with Crippen molar-refractivity contribution in [1.29, 1.82) is 0 Å². The predicted octanol–water partition coefficient (Wildman–Crippen LogP) is 3.52. The highest BCUT2D eigenvalue weighted by molar-refractivity contribution is 5.77. The van der Waals surface area contributed by atoms with Crippen LogP contribution >= 0.6 is 0 Å². The quantitative estimate of drug-likeness (QED) is 0.694. The van der Waals surface area contributed by atoms with Gasteiger partial charge in [-0.2, -0.15) is 0 Å². The molecule has 0 aromatic carbocycles. The number of hydrogen-bond acceptors (Lipinski definition) is 2. The first-order valence-electron chi connectivity index (χ1n) is 9.50. The molecule has 1 saturated heterocycles. The van der Waals surface area contributed by atoms with Crippen LogP contribution in [0, 0.1) is 23.2 Å². The highest BCUT2D eigenvalue weighted by atomic mass is 16.3. The number of aliphatic hydroxyl groups excluding tert-OH is 1. The molecule has 0 aromatic rings. The molecule has 1 heterocycles. The molecule has 23 heavy (non-hydrogen) atoms. The van der Waals surface area contributed by atoms with Gasteiger partial charge in [-0.3, -0.25) is 4.79 Å². The summed E-state index contributed by atoms with van der Waals surface area (Å²) in [6, 6.07) is 0. The highest BCUT2D eigenvalue weighted by Crippen LogP contribution is 2.61. The van der Waals surface area contributed by atoms with Crippen molar-refractivity contribution in [1.82, 2.24) is 4.90 Å². The number of hydrogen-bond donors (Lipinski definition) is 1. The fourth-order valence-electron chi connectivity index (χ4n) is 6.62. The smallest absolute Gasteiger partial charge is 0.222 e. The molecule has 3 aliphatic carbocycles. The minimum atomic E-state index is -0.127. The lowest BCUT2D eigenvalue weighted by atomic mass is 9.48. The van der Waals surface area contributed by atoms with Crippen LogP contribution in [-0.2, 0) is 4.79 Å². The zero-order valence-corrected chi connectivity index (χ0v) is 14.8. The Morgan fingerprint density at radius 2 is 1.96 bits per heavy atom. The number of aliphatic hydroxyl groups is 1. The van der Waals surface area contributed by atoms with Gasteiger partial charge >= 0.3 is 0 Å². The van der Waals surface area contributed by atoms with E-state index >= 15 is 0 Å². The molecule has 3 heteroatoms. The second-order valence-electron chi connectivity index (χ2n) is 9.04. The van der Waals surface area contributed by atoms with Gasteiger partial charge < -0.3 is 10.0 Å². The van der Waals surface area contributed by atoms with Crippen LogP contribution in [0.5, 0.6) is 0 Å². The summed E-state index contributed by atoms with van der Waals surface area (Å²) in [6.07, 6.45) is 10.7. The fourth-order valence-corrected chi connectivity index (χ4v) is 6.62. The van der Waals surface area contributed by atoms with E-state index in [1.165, 1.54) is 12.0 Å². The average Bonchev–Trinajstić information content (AvgIpc) is 2.52. The van der Waals surface area contributed by atoms with Crippen LogP contribution in [0.4, 0.5) is 0 Å². The van der Waals surface area contributed by atoms with Crippen LogP contribution in [0.15, 0.2) is 11.6 Å². The van der Waals surface area contributed by atoms with E-state index in [9.17, 15) is 9.90 Å². The Bertz CT molecular complexity index is 556. The molecule has 4 aliphatic rings. The van der Waals surface area contributed by atoms with E-state index in [1.807, 2.05) is 7.05 Å². The molecule has 0 aromatic heterocycles. The second-order valence-corrected chi connectivity index (χ2v) is 9.04. The van der Waals surface area contributed by atoms with Gasteiger partial charge in [0.05, 0.1) is 6.10 Å². The highest BCUT2D eigenvalue weighted by Gasteiger charge is 2.57. The summed E-state index contributed by atoms with van der Waals surface area (Å²) in [5.74, 6) is 2.44. The molecule has 0 spiro atoms. The maximum atomic E-state index is 12.2. The maximum Gasteiger partial charge on any atom is 0.222 e. The van der Waals surface area contributed by atoms with E-state index in [1.54, 1.807) is 0 Å². The molecule has 4 rings (SSSR count). The number of carbonyl (C=O) groups excluding carboxylic acids is 1. The molecule has 0 bridgehead atoms. The molecular weight excluding hydrogens is 286 g/mol. The Balaban J connectivity index is 1.68. The summed E-state index contributed by atoms with van der Waals surface area (Å²) in [5, 5.41) is 10.1. The summed E-state index contributed by atoms with van der Waals surface area (Å²) in [7, 11) is 2.03. The lowest BCUT2D eigenvalue weighted by Gasteiger charge is -2.61. The van der Waals surface area contributed by atoms with Gasteiger partial charge in [0.1, 0.15) is 0 Å². The van der Waals surface area contributed by atoms with E-state index in [0.29, 0.717) is 23.2 Å². The molecule has 3 nitrogen and oxygen atoms in total. The van der Waals surface area contributed by atoms with Crippen molar-refractivity contribution in [2.24, 2.45) is 23.2 Å². The molecule has 1 N–H and O–H groups in total. The second kappa shape index (κ2) is 5.08. The summed E-state index contributed by atoms with van der Waals surface area (Å²) in [5.41, 5.74) is 1.89. The van der Waals surface area contributed by atoms with E-state index < -0.39 is 0 Å². The van der Waals surface area contributed by atoms with Gasteiger partial charge in [-0.05, 0) is 75.0 Å². The number of piperidine rings is 1. The van der Waals surface area contributed by atoms with Gasteiger partial charge in [-0.15, -0.1) is 0 Å². The van der Waals surface area contributed by atoms with E-state index in [0.717, 1.165) is 50.9 Å². The van der Waals surface area contributed by atoms with Crippen molar-refractivity contribution < 1.29 is 9.90 Å². The van der Waals surface area contributed by atoms with E-state index in [4.69, 9.17) is 0 Å². The van der Waals surface area contributed by atoms with Gasteiger partial charge in [0.25, 0.3) is 0 Å². The zero-order valence-electron chi connectivity index (χ0n) is 14.8. The van der Waals surface area contributed by atoms with Gasteiger partial charge in [-0.25, -0.2) is 0 Å². The number of rotatable bonds is 0. The van der Waals surface area contributed by atoms with Gasteiger partial charge in [0.2, 0.25) is 5.91 Å². The van der Waals surface area contributed by atoms with Crippen LogP contribution in [0.1, 0.15) is 65.2 Å². The average molecular weight is 317 g/mol. The Morgan fingerprint density at radius 1 is 1.17 bits per heavy atom. The van der Waals surface area contributed by atoms with E-state index in [2.05, 4.69) is 24.8 Å². The number of amides is 1. The summed E-state index contributed by atoms with van der Waals surface area (Å²) in [4.78, 5) is 14.3. The van der Waals surface area contributed by atoms with Crippen molar-refractivity contribution >= 4 is 5.91 Å². The lowest BCUT2D eigenvalue weighted by molar-refractivity contribution is -0.153. The van der Waals surface area contributed by atoms with Crippen molar-refractivity contribution in [3.63, 3.8) is 0 Å². The molecule has 6 atom stereocenters. The SMILES string of the molecule is CN1C(=O)CC[C@@H]2[C@@H]3CC=C4C[C@H](O)CC[C@]4(C)[C@H]3CC[C@]21C. The normalized spacial score (nSPS) is 49.8. The largest absolute Gasteiger partial charge is 0.393 e. The van der Waals surface area contributed by atoms with Crippen LogP contribution in [0.25, 0.3) is 0 Å². The van der Waals surface area contributed by atoms with E-state index in [-0.39, 0.29) is 11.6 Å². The van der Waals surface area contributed by atoms with Gasteiger partial charge in [-0.1, -0.05) is 18.6 Å². The molecule has 1 amide bonds. The third kappa shape index (κ3) is 2.08. The molecule has 1 aliphatic heterocycles. The molecule has 3 fully saturated rings. The summed E-state index contributed by atoms with van der Waals surface area (Å²) < 4.78 is 0. The first-order chi connectivity index (χ1) is 10.9. The number of allylic oxidation sites excluding steroid dienone is 1. The molecule has 2 saturated carbocycles. The first kappa shape index (κ1) is 15.7. The Morgan fingerprint density at radius 3 is 2.74 bits per heavy atom. The third-order valence-electron chi connectivity index (χ3n) is 8.24. The molecular formula is C20H31NO2. The van der Waals surface area contributed by atoms with Crippen molar-refractivity contribution in [2.45, 2.75) is 76.9 Å². The Kier molecular flexibility index (Phi) is 3.46. The summed E-state index contributed by atoms with van der Waals surface area (Å²) in [6.45, 7) is 4.79. The standard InChI is InChI=1S/C20H31NO2/c1-19-10-8-14(22)12-13(19)4-5-15-16(19)9-11-20(2)17(15)6-7-18(23)21(20)3/h4,14-17,22H,5-12H2,1-3H3/t14-,15-,16+,17-,19+,20-/m1/s1. The van der Waals surface area contributed by atoms with Gasteiger partial charge in [0, 0.05) is 19.0 Å². The van der Waals surface area contributed by atoms with Gasteiger partial charge in [0.15, 0.2) is 0 Å². The monoisotopic (exact) mass is 317 g/mol. The predicted molar refractivity (Wildman–Crippen MR) is 90.8 cm³/mol. The fraction of sp³-hybridized carbons (Fsp3) is 0.850.